The highest BCUT2D eigenvalue weighted by molar-refractivity contribution is 6.01. The van der Waals surface area contributed by atoms with Gasteiger partial charge in [-0.2, -0.15) is 10.1 Å². The molecule has 2 aromatic rings. The van der Waals surface area contributed by atoms with Crippen LogP contribution in [0.25, 0.3) is 0 Å². The van der Waals surface area contributed by atoms with Crippen molar-refractivity contribution in [2.45, 2.75) is 0 Å². The molecular weight excluding hydrogens is 224 g/mol. The number of rotatable bonds is 3. The Labute approximate surface area is 96.0 Å². The molecule has 2 rings (SSSR count). The van der Waals surface area contributed by atoms with Crippen LogP contribution in [0.1, 0.15) is 10.5 Å². The molecule has 2 aromatic heterocycles. The van der Waals surface area contributed by atoms with Crippen molar-refractivity contribution in [1.82, 2.24) is 25.0 Å². The average Bonchev–Trinajstić information content (AvgIpc) is 2.75. The van der Waals surface area contributed by atoms with E-state index < -0.39 is 5.91 Å². The summed E-state index contributed by atoms with van der Waals surface area (Å²) in [6.07, 6.45) is 1.34. The van der Waals surface area contributed by atoms with Gasteiger partial charge in [0.15, 0.2) is 11.5 Å². The van der Waals surface area contributed by atoms with Crippen LogP contribution in [0.15, 0.2) is 18.5 Å². The van der Waals surface area contributed by atoms with E-state index >= 15 is 0 Å². The Kier molecular flexibility index (Phi) is 2.92. The van der Waals surface area contributed by atoms with Crippen molar-refractivity contribution >= 4 is 17.7 Å². The topological polar surface area (TPSA) is 124 Å². The highest BCUT2D eigenvalue weighted by Gasteiger charge is 2.11. The number of anilines is 2. The molecule has 4 N–H and O–H groups in total. The minimum Gasteiger partial charge on any atom is -0.307 e. The SMILES string of the molecule is Cn1ncnc1NC(=O)c1ccc(NN)nn1. The lowest BCUT2D eigenvalue weighted by molar-refractivity contribution is 0.102. The summed E-state index contributed by atoms with van der Waals surface area (Å²) in [6, 6.07) is 3.03. The second-order valence-corrected chi connectivity index (χ2v) is 3.11. The van der Waals surface area contributed by atoms with Gasteiger partial charge < -0.3 is 5.43 Å². The van der Waals surface area contributed by atoms with Gasteiger partial charge in [0, 0.05) is 7.05 Å². The second-order valence-electron chi connectivity index (χ2n) is 3.11. The van der Waals surface area contributed by atoms with Crippen LogP contribution >= 0.6 is 0 Å². The smallest absolute Gasteiger partial charge is 0.278 e. The first kappa shape index (κ1) is 11.0. The van der Waals surface area contributed by atoms with Gasteiger partial charge in [0.05, 0.1) is 0 Å². The number of hydrogen-bond acceptors (Lipinski definition) is 7. The first-order chi connectivity index (χ1) is 8.20. The van der Waals surface area contributed by atoms with E-state index in [1.165, 1.54) is 17.1 Å². The highest BCUT2D eigenvalue weighted by atomic mass is 16.2. The normalized spacial score (nSPS) is 10.0. The highest BCUT2D eigenvalue weighted by Crippen LogP contribution is 2.04. The van der Waals surface area contributed by atoms with Crippen molar-refractivity contribution < 1.29 is 4.79 Å². The molecular formula is C8H10N8O. The number of carbonyl (C=O) groups excluding carboxylic acids is 1. The molecule has 88 valence electrons. The Balaban J connectivity index is 2.12. The van der Waals surface area contributed by atoms with Gasteiger partial charge in [0.1, 0.15) is 6.33 Å². The summed E-state index contributed by atoms with van der Waals surface area (Å²) in [7, 11) is 1.66. The largest absolute Gasteiger partial charge is 0.307 e. The minimum atomic E-state index is -0.419. The number of nitrogens with one attached hydrogen (secondary N) is 2. The Bertz CT molecular complexity index is 519. The van der Waals surface area contributed by atoms with E-state index in [9.17, 15) is 4.79 Å². The summed E-state index contributed by atoms with van der Waals surface area (Å²) in [4.78, 5) is 15.6. The zero-order valence-electron chi connectivity index (χ0n) is 8.95. The van der Waals surface area contributed by atoms with Gasteiger partial charge >= 0.3 is 0 Å². The van der Waals surface area contributed by atoms with Crippen molar-refractivity contribution in [3.8, 4) is 0 Å². The molecule has 0 fully saturated rings. The molecule has 0 radical (unpaired) electrons. The molecule has 0 aliphatic heterocycles. The fourth-order valence-electron chi connectivity index (χ4n) is 1.11. The van der Waals surface area contributed by atoms with Gasteiger partial charge in [-0.3, -0.25) is 10.1 Å². The van der Waals surface area contributed by atoms with E-state index in [1.54, 1.807) is 13.1 Å². The fourth-order valence-corrected chi connectivity index (χ4v) is 1.11. The van der Waals surface area contributed by atoms with E-state index in [1.807, 2.05) is 0 Å². The van der Waals surface area contributed by atoms with Crippen LogP contribution in [-0.4, -0.2) is 30.9 Å². The van der Waals surface area contributed by atoms with E-state index in [0.717, 1.165) is 0 Å². The van der Waals surface area contributed by atoms with Gasteiger partial charge in [-0.25, -0.2) is 10.5 Å². The lowest BCUT2D eigenvalue weighted by atomic mass is 10.3. The second kappa shape index (κ2) is 4.53. The number of aromatic nitrogens is 5. The number of hydrazine groups is 1. The standard InChI is InChI=1S/C8H10N8O/c1-16-8(10-4-11-16)12-7(17)5-2-3-6(13-9)15-14-5/h2-4H,9H2,1H3,(H,13,15)(H,10,11,12,17). The first-order valence-electron chi connectivity index (χ1n) is 4.66. The molecule has 0 saturated heterocycles. The average molecular weight is 234 g/mol. The third kappa shape index (κ3) is 2.34. The minimum absolute atomic E-state index is 0.159. The molecule has 1 amide bonds. The van der Waals surface area contributed by atoms with Crippen LogP contribution in [0.3, 0.4) is 0 Å². The number of nitrogen functional groups attached to an aromatic ring is 1. The van der Waals surface area contributed by atoms with Crippen molar-refractivity contribution in [2.24, 2.45) is 12.9 Å². The number of nitrogens with zero attached hydrogens (tertiary/aromatic N) is 5. The number of nitrogens with two attached hydrogens (primary N) is 1. The molecule has 9 nitrogen and oxygen atoms in total. The lowest BCUT2D eigenvalue weighted by Crippen LogP contribution is -2.18. The van der Waals surface area contributed by atoms with Crippen molar-refractivity contribution in [1.29, 1.82) is 0 Å². The summed E-state index contributed by atoms with van der Waals surface area (Å²) in [5.41, 5.74) is 2.48. The van der Waals surface area contributed by atoms with Crippen molar-refractivity contribution in [3.05, 3.63) is 24.2 Å². The van der Waals surface area contributed by atoms with Gasteiger partial charge in [-0.15, -0.1) is 10.2 Å². The Morgan fingerprint density at radius 3 is 2.76 bits per heavy atom. The number of aryl methyl sites for hydroxylation is 1. The molecule has 2 heterocycles. The molecule has 9 heteroatoms. The first-order valence-corrected chi connectivity index (χ1v) is 4.66. The molecule has 0 aliphatic rings. The zero-order valence-corrected chi connectivity index (χ0v) is 8.95. The molecule has 0 spiro atoms. The maximum absolute atomic E-state index is 11.7. The summed E-state index contributed by atoms with van der Waals surface area (Å²) >= 11 is 0. The fraction of sp³-hybridized carbons (Fsp3) is 0.125. The Morgan fingerprint density at radius 1 is 1.41 bits per heavy atom. The van der Waals surface area contributed by atoms with E-state index in [0.29, 0.717) is 11.8 Å². The number of carbonyl (C=O) groups is 1. The van der Waals surface area contributed by atoms with Crippen LogP contribution in [0.4, 0.5) is 11.8 Å². The predicted octanol–water partition coefficient (Wildman–Crippen LogP) is -0.857. The summed E-state index contributed by atoms with van der Waals surface area (Å²) in [5, 5.41) is 13.7. The monoisotopic (exact) mass is 234 g/mol. The quantitative estimate of drug-likeness (QED) is 0.466. The maximum atomic E-state index is 11.7. The van der Waals surface area contributed by atoms with Crippen molar-refractivity contribution in [2.75, 3.05) is 10.7 Å². The molecule has 0 saturated carbocycles. The van der Waals surface area contributed by atoms with Crippen molar-refractivity contribution in [3.63, 3.8) is 0 Å². The van der Waals surface area contributed by atoms with Crippen LogP contribution in [0.5, 0.6) is 0 Å². The van der Waals surface area contributed by atoms with Crippen LogP contribution in [0.2, 0.25) is 0 Å². The molecule has 0 atom stereocenters. The third-order valence-corrected chi connectivity index (χ3v) is 1.98. The Morgan fingerprint density at radius 2 is 2.24 bits per heavy atom. The van der Waals surface area contributed by atoms with Gasteiger partial charge in [-0.1, -0.05) is 0 Å². The summed E-state index contributed by atoms with van der Waals surface area (Å²) < 4.78 is 1.43. The maximum Gasteiger partial charge on any atom is 0.278 e. The van der Waals surface area contributed by atoms with Gasteiger partial charge in [-0.05, 0) is 12.1 Å². The molecule has 0 aliphatic carbocycles. The van der Waals surface area contributed by atoms with Crippen LogP contribution in [-0.2, 0) is 7.05 Å². The summed E-state index contributed by atoms with van der Waals surface area (Å²) in [5.74, 6) is 5.42. The summed E-state index contributed by atoms with van der Waals surface area (Å²) in [6.45, 7) is 0. The van der Waals surface area contributed by atoms with E-state index in [4.69, 9.17) is 5.84 Å². The van der Waals surface area contributed by atoms with E-state index in [2.05, 4.69) is 31.0 Å². The lowest BCUT2D eigenvalue weighted by Gasteiger charge is -2.03. The molecule has 0 unspecified atom stereocenters. The van der Waals surface area contributed by atoms with Crippen LogP contribution < -0.4 is 16.6 Å². The Hall–Kier alpha value is -2.55. The number of hydrogen-bond donors (Lipinski definition) is 3. The van der Waals surface area contributed by atoms with Gasteiger partial charge in [0.2, 0.25) is 5.95 Å². The van der Waals surface area contributed by atoms with E-state index in [-0.39, 0.29) is 5.69 Å². The number of amides is 1. The molecule has 0 aromatic carbocycles. The van der Waals surface area contributed by atoms with Gasteiger partial charge in [0.25, 0.3) is 5.91 Å². The zero-order chi connectivity index (χ0) is 12.3. The van der Waals surface area contributed by atoms with Crippen LogP contribution in [0, 0.1) is 0 Å². The molecule has 17 heavy (non-hydrogen) atoms. The third-order valence-electron chi connectivity index (χ3n) is 1.98. The molecule has 0 bridgehead atoms. The predicted molar refractivity (Wildman–Crippen MR) is 58.8 cm³/mol.